The summed E-state index contributed by atoms with van der Waals surface area (Å²) < 4.78 is 19.3. The first-order chi connectivity index (χ1) is 9.60. The molecule has 3 N–H and O–H groups in total. The number of ether oxygens (including phenoxy) is 1. The van der Waals surface area contributed by atoms with Gasteiger partial charge in [0.25, 0.3) is 0 Å². The molecule has 0 heterocycles. The van der Waals surface area contributed by atoms with Crippen molar-refractivity contribution in [3.05, 3.63) is 65.0 Å². The van der Waals surface area contributed by atoms with E-state index in [0.29, 0.717) is 16.9 Å². The van der Waals surface area contributed by atoms with Crippen LogP contribution in [0.3, 0.4) is 0 Å². The summed E-state index contributed by atoms with van der Waals surface area (Å²) in [6.45, 7) is 0.0945. The second-order valence-corrected chi connectivity index (χ2v) is 4.70. The van der Waals surface area contributed by atoms with Gasteiger partial charge in [0.2, 0.25) is 0 Å². The number of benzene rings is 2. The van der Waals surface area contributed by atoms with Gasteiger partial charge in [-0.1, -0.05) is 36.5 Å². The Balaban J connectivity index is 2.04. The second-order valence-electron chi connectivity index (χ2n) is 4.26. The Bertz CT molecular complexity index is 614. The van der Waals surface area contributed by atoms with Crippen LogP contribution in [0.25, 0.3) is 0 Å². The molecule has 3 nitrogen and oxygen atoms in total. The Morgan fingerprint density at radius 1 is 1.20 bits per heavy atom. The third-order valence-corrected chi connectivity index (χ3v) is 3.07. The molecule has 2 aromatic carbocycles. The lowest BCUT2D eigenvalue weighted by molar-refractivity contribution is 0.280. The molecule has 20 heavy (non-hydrogen) atoms. The van der Waals surface area contributed by atoms with Gasteiger partial charge in [0.15, 0.2) is 0 Å². The Morgan fingerprint density at radius 3 is 2.45 bits per heavy atom. The van der Waals surface area contributed by atoms with E-state index in [1.807, 2.05) is 0 Å². The van der Waals surface area contributed by atoms with Gasteiger partial charge in [-0.2, -0.15) is 0 Å². The van der Waals surface area contributed by atoms with Crippen molar-refractivity contribution in [2.45, 2.75) is 13.2 Å². The van der Waals surface area contributed by atoms with Crippen molar-refractivity contribution in [1.82, 2.24) is 0 Å². The molecule has 0 bridgehead atoms. The number of nitrogens with two attached hydrogens (primary N) is 1. The minimum Gasteiger partial charge on any atom is -0.489 e. The molecule has 0 aromatic heterocycles. The SMILES string of the molecule is NC(=S)c1ccc(COc2ccc(CO)cc2)c(F)c1. The van der Waals surface area contributed by atoms with E-state index in [4.69, 9.17) is 27.8 Å². The average Bonchev–Trinajstić information content (AvgIpc) is 2.46. The lowest BCUT2D eigenvalue weighted by Crippen LogP contribution is -2.10. The summed E-state index contributed by atoms with van der Waals surface area (Å²) in [4.78, 5) is 0.163. The van der Waals surface area contributed by atoms with Crippen LogP contribution in [0.2, 0.25) is 0 Å². The maximum absolute atomic E-state index is 13.8. The van der Waals surface area contributed by atoms with Gasteiger partial charge in [0, 0.05) is 11.1 Å². The topological polar surface area (TPSA) is 55.5 Å². The minimum atomic E-state index is -0.401. The fourth-order valence-corrected chi connectivity index (χ4v) is 1.80. The largest absolute Gasteiger partial charge is 0.489 e. The molecule has 0 atom stereocenters. The Kier molecular flexibility index (Phi) is 4.65. The zero-order valence-corrected chi connectivity index (χ0v) is 11.5. The van der Waals surface area contributed by atoms with Crippen LogP contribution in [0.5, 0.6) is 5.75 Å². The molecule has 2 rings (SSSR count). The zero-order chi connectivity index (χ0) is 14.5. The third kappa shape index (κ3) is 3.53. The molecule has 5 heteroatoms. The van der Waals surface area contributed by atoms with Gasteiger partial charge < -0.3 is 15.6 Å². The van der Waals surface area contributed by atoms with Crippen molar-refractivity contribution in [3.8, 4) is 5.75 Å². The van der Waals surface area contributed by atoms with E-state index < -0.39 is 5.82 Å². The smallest absolute Gasteiger partial charge is 0.130 e. The normalized spacial score (nSPS) is 10.3. The summed E-state index contributed by atoms with van der Waals surface area (Å²) >= 11 is 4.79. The van der Waals surface area contributed by atoms with Crippen LogP contribution >= 0.6 is 12.2 Å². The summed E-state index contributed by atoms with van der Waals surface area (Å²) in [6.07, 6.45) is 0. The van der Waals surface area contributed by atoms with E-state index in [1.54, 1.807) is 36.4 Å². The molecule has 2 aromatic rings. The number of hydrogen-bond acceptors (Lipinski definition) is 3. The zero-order valence-electron chi connectivity index (χ0n) is 10.7. The summed E-state index contributed by atoms with van der Waals surface area (Å²) in [6, 6.07) is 11.5. The Morgan fingerprint density at radius 2 is 1.90 bits per heavy atom. The number of aliphatic hydroxyl groups is 1. The molecule has 0 aliphatic heterocycles. The number of thiocarbonyl (C=S) groups is 1. The maximum atomic E-state index is 13.8. The lowest BCUT2D eigenvalue weighted by Gasteiger charge is -2.08. The molecule has 0 aliphatic carbocycles. The van der Waals surface area contributed by atoms with Crippen molar-refractivity contribution < 1.29 is 14.2 Å². The van der Waals surface area contributed by atoms with Crippen molar-refractivity contribution in [3.63, 3.8) is 0 Å². The molecule has 0 unspecified atom stereocenters. The van der Waals surface area contributed by atoms with E-state index in [2.05, 4.69) is 0 Å². The van der Waals surface area contributed by atoms with Gasteiger partial charge in [-0.3, -0.25) is 0 Å². The van der Waals surface area contributed by atoms with Gasteiger partial charge in [0.1, 0.15) is 23.2 Å². The highest BCUT2D eigenvalue weighted by molar-refractivity contribution is 7.80. The highest BCUT2D eigenvalue weighted by atomic mass is 32.1. The van der Waals surface area contributed by atoms with Gasteiger partial charge in [0.05, 0.1) is 6.61 Å². The van der Waals surface area contributed by atoms with Crippen LogP contribution in [-0.2, 0) is 13.2 Å². The summed E-state index contributed by atoms with van der Waals surface area (Å²) in [7, 11) is 0. The molecular weight excluding hydrogens is 277 g/mol. The minimum absolute atomic E-state index is 0.0185. The number of rotatable bonds is 5. The lowest BCUT2D eigenvalue weighted by atomic mass is 10.1. The van der Waals surface area contributed by atoms with E-state index in [-0.39, 0.29) is 18.2 Å². The van der Waals surface area contributed by atoms with Crippen LogP contribution in [0, 0.1) is 5.82 Å². The number of halogens is 1. The van der Waals surface area contributed by atoms with Crippen molar-refractivity contribution >= 4 is 17.2 Å². The van der Waals surface area contributed by atoms with E-state index in [0.717, 1.165) is 5.56 Å². The summed E-state index contributed by atoms with van der Waals surface area (Å²) in [5, 5.41) is 8.93. The van der Waals surface area contributed by atoms with Crippen LogP contribution in [0.15, 0.2) is 42.5 Å². The Labute approximate surface area is 121 Å². The molecule has 0 fully saturated rings. The fraction of sp³-hybridized carbons (Fsp3) is 0.133. The van der Waals surface area contributed by atoms with E-state index >= 15 is 0 Å². The van der Waals surface area contributed by atoms with E-state index in [9.17, 15) is 4.39 Å². The van der Waals surface area contributed by atoms with Crippen LogP contribution in [-0.4, -0.2) is 10.1 Å². The summed E-state index contributed by atoms with van der Waals surface area (Å²) in [5.41, 5.74) is 7.15. The van der Waals surface area contributed by atoms with Crippen molar-refractivity contribution in [1.29, 1.82) is 0 Å². The van der Waals surface area contributed by atoms with Gasteiger partial charge in [-0.15, -0.1) is 0 Å². The van der Waals surface area contributed by atoms with Crippen LogP contribution in [0.1, 0.15) is 16.7 Å². The van der Waals surface area contributed by atoms with Gasteiger partial charge in [-0.05, 0) is 23.8 Å². The fourth-order valence-electron chi connectivity index (χ4n) is 1.67. The highest BCUT2D eigenvalue weighted by Gasteiger charge is 2.06. The van der Waals surface area contributed by atoms with E-state index in [1.165, 1.54) is 6.07 Å². The first-order valence-electron chi connectivity index (χ1n) is 6.01. The molecule has 0 spiro atoms. The highest BCUT2D eigenvalue weighted by Crippen LogP contribution is 2.16. The first-order valence-corrected chi connectivity index (χ1v) is 6.42. The van der Waals surface area contributed by atoms with Crippen LogP contribution < -0.4 is 10.5 Å². The number of aliphatic hydroxyl groups excluding tert-OH is 1. The summed E-state index contributed by atoms with van der Waals surface area (Å²) in [5.74, 6) is 0.210. The average molecular weight is 291 g/mol. The first kappa shape index (κ1) is 14.4. The molecule has 0 saturated carbocycles. The second kappa shape index (κ2) is 6.45. The molecule has 104 valence electrons. The molecule has 0 amide bonds. The molecule has 0 radical (unpaired) electrons. The Hall–Kier alpha value is -1.98. The molecule has 0 aliphatic rings. The van der Waals surface area contributed by atoms with Gasteiger partial charge in [-0.25, -0.2) is 4.39 Å². The maximum Gasteiger partial charge on any atom is 0.130 e. The predicted molar refractivity (Wildman–Crippen MR) is 79.0 cm³/mol. The number of hydrogen-bond donors (Lipinski definition) is 2. The standard InChI is InChI=1S/C15H14FNO2S/c16-14-7-11(15(17)20)3-4-12(14)9-19-13-5-1-10(8-18)2-6-13/h1-7,18H,8-9H2,(H2,17,20). The molecular formula is C15H14FNO2S. The monoisotopic (exact) mass is 291 g/mol. The van der Waals surface area contributed by atoms with Crippen LogP contribution in [0.4, 0.5) is 4.39 Å². The van der Waals surface area contributed by atoms with Crippen molar-refractivity contribution in [2.24, 2.45) is 5.73 Å². The predicted octanol–water partition coefficient (Wildman–Crippen LogP) is 2.53. The van der Waals surface area contributed by atoms with Gasteiger partial charge >= 0.3 is 0 Å². The van der Waals surface area contributed by atoms with Crippen molar-refractivity contribution in [2.75, 3.05) is 0 Å². The quantitative estimate of drug-likeness (QED) is 0.831. The third-order valence-electron chi connectivity index (χ3n) is 2.84. The molecule has 0 saturated heterocycles.